The van der Waals surface area contributed by atoms with Gasteiger partial charge in [-0.15, -0.1) is 0 Å². The molecule has 0 aromatic heterocycles. The number of carboxylic acids is 1. The number of hydrogen-bond donors (Lipinski definition) is 2. The Labute approximate surface area is 140 Å². The van der Waals surface area contributed by atoms with Crippen LogP contribution in [0.1, 0.15) is 19.3 Å². The highest BCUT2D eigenvalue weighted by Gasteiger charge is 2.10. The Morgan fingerprint density at radius 3 is 2.52 bits per heavy atom. The first kappa shape index (κ1) is 19.0. The molecule has 0 radical (unpaired) electrons. The van der Waals surface area contributed by atoms with E-state index >= 15 is 0 Å². The van der Waals surface area contributed by atoms with E-state index in [0.29, 0.717) is 24.3 Å². The largest absolute Gasteiger partial charge is 0.481 e. The normalized spacial score (nSPS) is 10.1. The molecule has 1 aromatic carbocycles. The van der Waals surface area contributed by atoms with Gasteiger partial charge in [-0.05, 0) is 24.3 Å². The predicted octanol–water partition coefficient (Wildman–Crippen LogP) is 2.07. The molecule has 2 N–H and O–H groups in total. The number of carbonyl (C=O) groups is 3. The molecule has 0 spiro atoms. The lowest BCUT2D eigenvalue weighted by Gasteiger charge is -2.15. The van der Waals surface area contributed by atoms with Crippen molar-refractivity contribution < 1.29 is 19.5 Å². The number of rotatable bonds is 10. The molecule has 0 saturated carbocycles. The van der Waals surface area contributed by atoms with Crippen molar-refractivity contribution in [2.24, 2.45) is 0 Å². The summed E-state index contributed by atoms with van der Waals surface area (Å²) in [5.74, 6) is 0.00915. The molecule has 1 rings (SSSR count). The standard InChI is InChI=1S/C16H22N2O4S/c1-18(10-9-16(21)22)15(20)8-5-11-23-12-14(19)17-13-6-3-2-4-7-13/h2-4,6-7H,5,8-12H2,1H3,(H,17,19)(H,21,22). The zero-order valence-corrected chi connectivity index (χ0v) is 14.0. The van der Waals surface area contributed by atoms with E-state index in [0.717, 1.165) is 5.69 Å². The predicted molar refractivity (Wildman–Crippen MR) is 91.5 cm³/mol. The van der Waals surface area contributed by atoms with E-state index in [1.165, 1.54) is 16.7 Å². The van der Waals surface area contributed by atoms with Gasteiger partial charge in [0.05, 0.1) is 12.2 Å². The molecule has 0 atom stereocenters. The zero-order valence-electron chi connectivity index (χ0n) is 13.2. The van der Waals surface area contributed by atoms with Crippen LogP contribution in [0.2, 0.25) is 0 Å². The van der Waals surface area contributed by atoms with Gasteiger partial charge in [-0.1, -0.05) is 18.2 Å². The number of aliphatic carboxylic acids is 1. The first-order valence-electron chi connectivity index (χ1n) is 7.37. The van der Waals surface area contributed by atoms with Crippen LogP contribution < -0.4 is 5.32 Å². The minimum Gasteiger partial charge on any atom is -0.481 e. The Balaban J connectivity index is 2.09. The number of benzene rings is 1. The van der Waals surface area contributed by atoms with Crippen LogP contribution in [0.5, 0.6) is 0 Å². The van der Waals surface area contributed by atoms with Crippen molar-refractivity contribution in [1.29, 1.82) is 0 Å². The number of amides is 2. The first-order chi connectivity index (χ1) is 11.0. The number of nitrogens with one attached hydrogen (secondary N) is 1. The van der Waals surface area contributed by atoms with Crippen LogP contribution in [0.15, 0.2) is 30.3 Å². The number of carbonyl (C=O) groups excluding carboxylic acids is 2. The van der Waals surface area contributed by atoms with E-state index in [9.17, 15) is 14.4 Å². The molecule has 0 saturated heterocycles. The molecule has 126 valence electrons. The number of carboxylic acid groups (broad SMARTS) is 1. The number of anilines is 1. The van der Waals surface area contributed by atoms with Gasteiger partial charge in [-0.3, -0.25) is 14.4 Å². The molecule has 0 unspecified atom stereocenters. The van der Waals surface area contributed by atoms with E-state index in [1.807, 2.05) is 30.3 Å². The van der Waals surface area contributed by atoms with Crippen LogP contribution in [0.4, 0.5) is 5.69 Å². The van der Waals surface area contributed by atoms with Crippen molar-refractivity contribution in [1.82, 2.24) is 4.90 Å². The second-order valence-corrected chi connectivity index (χ2v) is 6.13. The van der Waals surface area contributed by atoms with E-state index in [2.05, 4.69) is 5.32 Å². The maximum atomic E-state index is 11.7. The molecule has 0 bridgehead atoms. The quantitative estimate of drug-likeness (QED) is 0.638. The van der Waals surface area contributed by atoms with Crippen LogP contribution in [0.25, 0.3) is 0 Å². The van der Waals surface area contributed by atoms with Crippen molar-refractivity contribution in [2.75, 3.05) is 30.4 Å². The third-order valence-corrected chi connectivity index (χ3v) is 4.10. The zero-order chi connectivity index (χ0) is 17.1. The molecule has 6 nitrogen and oxygen atoms in total. The SMILES string of the molecule is CN(CCC(=O)O)C(=O)CCCSCC(=O)Nc1ccccc1. The second-order valence-electron chi connectivity index (χ2n) is 5.03. The summed E-state index contributed by atoms with van der Waals surface area (Å²) in [6.45, 7) is 0.223. The van der Waals surface area contributed by atoms with Gasteiger partial charge in [0.1, 0.15) is 0 Å². The highest BCUT2D eigenvalue weighted by atomic mass is 32.2. The van der Waals surface area contributed by atoms with Crippen molar-refractivity contribution >= 4 is 35.2 Å². The van der Waals surface area contributed by atoms with Gasteiger partial charge in [0, 0.05) is 25.7 Å². The fourth-order valence-electron chi connectivity index (χ4n) is 1.79. The number of hydrogen-bond acceptors (Lipinski definition) is 4. The smallest absolute Gasteiger partial charge is 0.305 e. The Bertz CT molecular complexity index is 522. The molecular formula is C16H22N2O4S. The van der Waals surface area contributed by atoms with Gasteiger partial charge in [-0.2, -0.15) is 11.8 Å². The molecule has 0 aliphatic carbocycles. The lowest BCUT2D eigenvalue weighted by molar-refractivity contribution is -0.138. The minimum atomic E-state index is -0.912. The van der Waals surface area contributed by atoms with Crippen LogP contribution in [-0.4, -0.2) is 52.9 Å². The highest BCUT2D eigenvalue weighted by molar-refractivity contribution is 7.99. The van der Waals surface area contributed by atoms with E-state index in [-0.39, 0.29) is 24.8 Å². The fourth-order valence-corrected chi connectivity index (χ4v) is 2.54. The third kappa shape index (κ3) is 8.87. The van der Waals surface area contributed by atoms with Crippen LogP contribution in [-0.2, 0) is 14.4 Å². The highest BCUT2D eigenvalue weighted by Crippen LogP contribution is 2.09. The second kappa shape index (κ2) is 10.7. The van der Waals surface area contributed by atoms with Gasteiger partial charge < -0.3 is 15.3 Å². The van der Waals surface area contributed by atoms with Crippen molar-refractivity contribution in [3.8, 4) is 0 Å². The summed E-state index contributed by atoms with van der Waals surface area (Å²) in [6.07, 6.45) is 0.986. The summed E-state index contributed by atoms with van der Waals surface area (Å²) in [5.41, 5.74) is 0.772. The van der Waals surface area contributed by atoms with E-state index in [1.54, 1.807) is 7.05 Å². The maximum Gasteiger partial charge on any atom is 0.305 e. The van der Waals surface area contributed by atoms with Crippen LogP contribution >= 0.6 is 11.8 Å². The topological polar surface area (TPSA) is 86.7 Å². The minimum absolute atomic E-state index is 0.0450. The third-order valence-electron chi connectivity index (χ3n) is 3.06. The molecular weight excluding hydrogens is 316 g/mol. The van der Waals surface area contributed by atoms with Gasteiger partial charge >= 0.3 is 5.97 Å². The summed E-state index contributed by atoms with van der Waals surface area (Å²) in [7, 11) is 1.60. The van der Waals surface area contributed by atoms with E-state index in [4.69, 9.17) is 5.11 Å². The molecule has 0 aliphatic heterocycles. The molecule has 2 amide bonds. The van der Waals surface area contributed by atoms with Gasteiger partial charge in [-0.25, -0.2) is 0 Å². The molecule has 0 heterocycles. The Morgan fingerprint density at radius 2 is 1.87 bits per heavy atom. The van der Waals surface area contributed by atoms with Crippen molar-refractivity contribution in [2.45, 2.75) is 19.3 Å². The van der Waals surface area contributed by atoms with Crippen molar-refractivity contribution in [3.05, 3.63) is 30.3 Å². The first-order valence-corrected chi connectivity index (χ1v) is 8.53. The van der Waals surface area contributed by atoms with Gasteiger partial charge in [0.25, 0.3) is 0 Å². The maximum absolute atomic E-state index is 11.7. The summed E-state index contributed by atoms with van der Waals surface area (Å²) >= 11 is 1.48. The average molecular weight is 338 g/mol. The molecule has 0 aliphatic rings. The lowest BCUT2D eigenvalue weighted by atomic mass is 10.3. The molecule has 0 fully saturated rings. The number of nitrogens with zero attached hydrogens (tertiary/aromatic N) is 1. The fraction of sp³-hybridized carbons (Fsp3) is 0.438. The summed E-state index contributed by atoms with van der Waals surface area (Å²) < 4.78 is 0. The average Bonchev–Trinajstić information content (AvgIpc) is 2.52. The van der Waals surface area contributed by atoms with Crippen LogP contribution in [0.3, 0.4) is 0 Å². The number of para-hydroxylation sites is 1. The summed E-state index contributed by atoms with van der Waals surface area (Å²) in [5, 5.41) is 11.4. The monoisotopic (exact) mass is 338 g/mol. The van der Waals surface area contributed by atoms with Gasteiger partial charge in [0.2, 0.25) is 11.8 Å². The lowest BCUT2D eigenvalue weighted by Crippen LogP contribution is -2.28. The van der Waals surface area contributed by atoms with Crippen molar-refractivity contribution in [3.63, 3.8) is 0 Å². The van der Waals surface area contributed by atoms with Gasteiger partial charge in [0.15, 0.2) is 0 Å². The Morgan fingerprint density at radius 1 is 1.17 bits per heavy atom. The Kier molecular flexibility index (Phi) is 8.82. The van der Waals surface area contributed by atoms with E-state index < -0.39 is 5.97 Å². The summed E-state index contributed by atoms with van der Waals surface area (Å²) in [4.78, 5) is 35.3. The van der Waals surface area contributed by atoms with Crippen LogP contribution in [0, 0.1) is 0 Å². The molecule has 1 aromatic rings. The Hall–Kier alpha value is -2.02. The summed E-state index contributed by atoms with van der Waals surface area (Å²) in [6, 6.07) is 9.25. The molecule has 7 heteroatoms. The molecule has 23 heavy (non-hydrogen) atoms. The number of thioether (sulfide) groups is 1.